The van der Waals surface area contributed by atoms with E-state index in [1.165, 1.54) is 5.69 Å². The van der Waals surface area contributed by atoms with Gasteiger partial charge in [0.2, 0.25) is 0 Å². The third kappa shape index (κ3) is 5.17. The lowest BCUT2D eigenvalue weighted by molar-refractivity contribution is -0.143. The fraction of sp³-hybridized carbons (Fsp3) is 0.455. The first-order chi connectivity index (χ1) is 8.09. The van der Waals surface area contributed by atoms with Crippen LogP contribution in [0.25, 0.3) is 0 Å². The molecule has 2 rings (SSSR count). The molecule has 6 heteroatoms. The largest absolute Gasteiger partial charge is 0.481 e. The van der Waals surface area contributed by atoms with E-state index in [-0.39, 0.29) is 12.8 Å². The molecule has 0 bridgehead atoms. The minimum absolute atomic E-state index is 0.296. The van der Waals surface area contributed by atoms with Crippen molar-refractivity contribution >= 4 is 11.9 Å². The molecular formula is C11H16N2O4. The number of hydrogen-bond donors (Lipinski definition) is 3. The molecular weight excluding hydrogens is 224 g/mol. The average molecular weight is 240 g/mol. The van der Waals surface area contributed by atoms with Gasteiger partial charge in [-0.15, -0.1) is 0 Å². The molecule has 0 atom stereocenters. The number of carboxylic acids is 2. The molecule has 1 aromatic rings. The highest BCUT2D eigenvalue weighted by Crippen LogP contribution is 2.04. The van der Waals surface area contributed by atoms with Crippen LogP contribution in [0.4, 0.5) is 0 Å². The van der Waals surface area contributed by atoms with Gasteiger partial charge in [-0.2, -0.15) is 0 Å². The van der Waals surface area contributed by atoms with Crippen molar-refractivity contribution in [1.82, 2.24) is 9.88 Å². The Balaban J connectivity index is 0.000000172. The molecule has 0 saturated heterocycles. The van der Waals surface area contributed by atoms with Gasteiger partial charge < -0.3 is 20.1 Å². The Morgan fingerprint density at radius 1 is 1.29 bits per heavy atom. The molecule has 1 aliphatic heterocycles. The zero-order chi connectivity index (χ0) is 12.7. The normalized spacial score (nSPS) is 13.2. The summed E-state index contributed by atoms with van der Waals surface area (Å²) in [5, 5.41) is 19.1. The van der Waals surface area contributed by atoms with Gasteiger partial charge in [-0.25, -0.2) is 0 Å². The van der Waals surface area contributed by atoms with Crippen molar-refractivity contribution in [2.45, 2.75) is 25.9 Å². The van der Waals surface area contributed by atoms with Crippen molar-refractivity contribution < 1.29 is 19.8 Å². The molecule has 0 aliphatic carbocycles. The molecule has 17 heavy (non-hydrogen) atoms. The van der Waals surface area contributed by atoms with Crippen molar-refractivity contribution in [2.24, 2.45) is 0 Å². The molecule has 0 spiro atoms. The van der Waals surface area contributed by atoms with Crippen LogP contribution in [0.15, 0.2) is 18.3 Å². The molecule has 2 heterocycles. The summed E-state index contributed by atoms with van der Waals surface area (Å²) < 4.78 is 2.29. The standard InChI is InChI=1S/C7H10N2.C4H6O4/c1-2-7-6-8-3-5-9(7)4-1;5-3(6)1-2-4(7)8/h1-2,4,8H,3,5-6H2;1-2H2,(H,5,6)(H,7,8). The van der Waals surface area contributed by atoms with Crippen LogP contribution in [-0.4, -0.2) is 33.3 Å². The maximum Gasteiger partial charge on any atom is 0.303 e. The molecule has 0 amide bonds. The number of aromatic nitrogens is 1. The van der Waals surface area contributed by atoms with E-state index in [2.05, 4.69) is 28.2 Å². The van der Waals surface area contributed by atoms with Gasteiger partial charge in [0, 0.05) is 31.5 Å². The molecule has 0 unspecified atom stereocenters. The molecule has 0 saturated carbocycles. The summed E-state index contributed by atoms with van der Waals surface area (Å²) in [6.45, 7) is 3.27. The first kappa shape index (κ1) is 13.2. The number of carbonyl (C=O) groups is 2. The van der Waals surface area contributed by atoms with Crippen molar-refractivity contribution in [1.29, 1.82) is 0 Å². The second-order valence-corrected chi connectivity index (χ2v) is 3.66. The first-order valence-corrected chi connectivity index (χ1v) is 5.38. The van der Waals surface area contributed by atoms with Crippen LogP contribution in [0.1, 0.15) is 18.5 Å². The van der Waals surface area contributed by atoms with Gasteiger partial charge in [0.15, 0.2) is 0 Å². The number of nitrogens with zero attached hydrogens (tertiary/aromatic N) is 1. The summed E-state index contributed by atoms with van der Waals surface area (Å²) >= 11 is 0. The molecule has 0 radical (unpaired) electrons. The van der Waals surface area contributed by atoms with Crippen LogP contribution in [0.5, 0.6) is 0 Å². The Labute approximate surface area is 98.9 Å². The van der Waals surface area contributed by atoms with Crippen LogP contribution in [0.2, 0.25) is 0 Å². The van der Waals surface area contributed by atoms with Gasteiger partial charge in [0.05, 0.1) is 12.8 Å². The van der Waals surface area contributed by atoms with E-state index < -0.39 is 11.9 Å². The van der Waals surface area contributed by atoms with E-state index in [4.69, 9.17) is 10.2 Å². The number of fused-ring (bicyclic) bond motifs is 1. The quantitative estimate of drug-likeness (QED) is 0.716. The van der Waals surface area contributed by atoms with Gasteiger partial charge in [-0.05, 0) is 12.1 Å². The van der Waals surface area contributed by atoms with Gasteiger partial charge in [-0.1, -0.05) is 0 Å². The summed E-state index contributed by atoms with van der Waals surface area (Å²) in [5.74, 6) is -2.15. The Morgan fingerprint density at radius 2 is 1.94 bits per heavy atom. The predicted molar refractivity (Wildman–Crippen MR) is 60.6 cm³/mol. The van der Waals surface area contributed by atoms with E-state index >= 15 is 0 Å². The molecule has 6 nitrogen and oxygen atoms in total. The summed E-state index contributed by atoms with van der Waals surface area (Å²) in [6, 6.07) is 4.26. The highest BCUT2D eigenvalue weighted by molar-refractivity contribution is 5.75. The highest BCUT2D eigenvalue weighted by atomic mass is 16.4. The number of nitrogens with one attached hydrogen (secondary N) is 1. The lowest BCUT2D eigenvalue weighted by Crippen LogP contribution is -2.27. The lowest BCUT2D eigenvalue weighted by atomic mass is 10.3. The SMILES string of the molecule is O=C(O)CCC(=O)O.c1cc2n(c1)CCNC2. The number of carboxylic acid groups (broad SMARTS) is 2. The minimum Gasteiger partial charge on any atom is -0.481 e. The monoisotopic (exact) mass is 240 g/mol. The highest BCUT2D eigenvalue weighted by Gasteiger charge is 2.03. The minimum atomic E-state index is -1.08. The zero-order valence-electron chi connectivity index (χ0n) is 9.43. The first-order valence-electron chi connectivity index (χ1n) is 5.38. The number of hydrogen-bond acceptors (Lipinski definition) is 3. The summed E-state index contributed by atoms with van der Waals surface area (Å²) in [5.41, 5.74) is 1.40. The fourth-order valence-electron chi connectivity index (χ4n) is 1.46. The van der Waals surface area contributed by atoms with Crippen LogP contribution >= 0.6 is 0 Å². The summed E-state index contributed by atoms with van der Waals surface area (Å²) in [7, 11) is 0. The van der Waals surface area contributed by atoms with E-state index in [0.717, 1.165) is 19.6 Å². The van der Waals surface area contributed by atoms with Gasteiger partial charge in [0.25, 0.3) is 0 Å². The fourth-order valence-corrected chi connectivity index (χ4v) is 1.46. The van der Waals surface area contributed by atoms with E-state index in [9.17, 15) is 9.59 Å². The van der Waals surface area contributed by atoms with Crippen LogP contribution in [0.3, 0.4) is 0 Å². The third-order valence-electron chi connectivity index (χ3n) is 2.31. The van der Waals surface area contributed by atoms with Crippen LogP contribution in [-0.2, 0) is 22.7 Å². The Morgan fingerprint density at radius 3 is 2.47 bits per heavy atom. The van der Waals surface area contributed by atoms with Crippen LogP contribution < -0.4 is 5.32 Å². The number of rotatable bonds is 3. The van der Waals surface area contributed by atoms with Crippen molar-refractivity contribution in [2.75, 3.05) is 6.54 Å². The lowest BCUT2D eigenvalue weighted by Gasteiger charge is -2.15. The van der Waals surface area contributed by atoms with E-state index in [1.807, 2.05) is 0 Å². The molecule has 0 aromatic carbocycles. The zero-order valence-corrected chi connectivity index (χ0v) is 9.43. The third-order valence-corrected chi connectivity index (χ3v) is 2.31. The maximum absolute atomic E-state index is 9.64. The maximum atomic E-state index is 9.64. The second-order valence-electron chi connectivity index (χ2n) is 3.66. The van der Waals surface area contributed by atoms with Crippen molar-refractivity contribution in [3.8, 4) is 0 Å². The van der Waals surface area contributed by atoms with E-state index in [1.54, 1.807) is 0 Å². The van der Waals surface area contributed by atoms with Gasteiger partial charge >= 0.3 is 11.9 Å². The topological polar surface area (TPSA) is 91.6 Å². The molecule has 94 valence electrons. The summed E-state index contributed by atoms with van der Waals surface area (Å²) in [6.07, 6.45) is 1.54. The second kappa shape index (κ2) is 6.70. The predicted octanol–water partition coefficient (Wildman–Crippen LogP) is 0.527. The van der Waals surface area contributed by atoms with Gasteiger partial charge in [-0.3, -0.25) is 9.59 Å². The van der Waals surface area contributed by atoms with Crippen molar-refractivity contribution in [3.05, 3.63) is 24.0 Å². The van der Waals surface area contributed by atoms with Crippen LogP contribution in [0, 0.1) is 0 Å². The smallest absolute Gasteiger partial charge is 0.303 e. The molecule has 0 fully saturated rings. The Hall–Kier alpha value is -1.82. The van der Waals surface area contributed by atoms with Crippen molar-refractivity contribution in [3.63, 3.8) is 0 Å². The molecule has 3 N–H and O–H groups in total. The summed E-state index contributed by atoms with van der Waals surface area (Å²) in [4.78, 5) is 19.3. The Bertz CT molecular complexity index is 352. The number of aliphatic carboxylic acids is 2. The average Bonchev–Trinajstić information content (AvgIpc) is 2.75. The van der Waals surface area contributed by atoms with Gasteiger partial charge in [0.1, 0.15) is 0 Å². The molecule has 1 aliphatic rings. The van der Waals surface area contributed by atoms with E-state index in [0.29, 0.717) is 0 Å². The Kier molecular flexibility index (Phi) is 5.22. The molecule has 1 aromatic heterocycles.